The zero-order chi connectivity index (χ0) is 16.9. The molecule has 0 aromatic carbocycles. The molecular formula is C14H24N4O3S2. The van der Waals surface area contributed by atoms with Crippen LogP contribution in [0.1, 0.15) is 36.9 Å². The molecule has 1 aromatic heterocycles. The van der Waals surface area contributed by atoms with Crippen molar-refractivity contribution in [2.75, 3.05) is 18.8 Å². The summed E-state index contributed by atoms with van der Waals surface area (Å²) in [6.07, 6.45) is 1.89. The third-order valence-corrected chi connectivity index (χ3v) is 6.15. The van der Waals surface area contributed by atoms with Gasteiger partial charge in [-0.1, -0.05) is 6.92 Å². The fourth-order valence-corrected chi connectivity index (χ4v) is 4.56. The van der Waals surface area contributed by atoms with Gasteiger partial charge in [-0.3, -0.25) is 0 Å². The minimum absolute atomic E-state index is 0.0724. The lowest BCUT2D eigenvalue weighted by Gasteiger charge is -2.32. The van der Waals surface area contributed by atoms with Crippen LogP contribution in [-0.2, 0) is 16.6 Å². The number of likely N-dealkylation sites (tertiary alicyclic amines) is 1. The number of amides is 2. The first-order valence-corrected chi connectivity index (χ1v) is 10.4. The number of hydrogen-bond acceptors (Lipinski definition) is 5. The van der Waals surface area contributed by atoms with E-state index in [0.29, 0.717) is 38.9 Å². The molecule has 2 amide bonds. The molecule has 9 heteroatoms. The number of sulfonamides is 1. The second kappa shape index (κ2) is 8.07. The molecule has 0 radical (unpaired) electrons. The van der Waals surface area contributed by atoms with Crippen LogP contribution in [0, 0.1) is 6.92 Å². The maximum Gasteiger partial charge on any atom is 0.317 e. The van der Waals surface area contributed by atoms with Crippen LogP contribution in [0.15, 0.2) is 5.38 Å². The van der Waals surface area contributed by atoms with Crippen molar-refractivity contribution >= 4 is 27.4 Å². The number of nitrogens with zero attached hydrogens (tertiary/aromatic N) is 2. The molecule has 0 unspecified atom stereocenters. The van der Waals surface area contributed by atoms with E-state index in [4.69, 9.17) is 0 Å². The third-order valence-electron chi connectivity index (χ3n) is 3.69. The second-order valence-corrected chi connectivity index (χ2v) is 8.65. The summed E-state index contributed by atoms with van der Waals surface area (Å²) in [6.45, 7) is 5.31. The summed E-state index contributed by atoms with van der Waals surface area (Å²) >= 11 is 1.56. The first-order chi connectivity index (χ1) is 10.9. The smallest absolute Gasteiger partial charge is 0.317 e. The standard InChI is InChI=1S/C14H24N4O3S2/c1-3-8-23(20,21)17-12-4-6-18(7-5-12)14(19)15-9-13-10-22-11(2)16-13/h10,12,17H,3-9H2,1-2H3,(H,15,19). The van der Waals surface area contributed by atoms with Crippen LogP contribution < -0.4 is 10.0 Å². The molecule has 130 valence electrons. The summed E-state index contributed by atoms with van der Waals surface area (Å²) in [4.78, 5) is 18.2. The number of aryl methyl sites for hydroxylation is 1. The number of thiazole rings is 1. The Morgan fingerprint density at radius 1 is 1.43 bits per heavy atom. The van der Waals surface area contributed by atoms with Crippen molar-refractivity contribution in [3.8, 4) is 0 Å². The van der Waals surface area contributed by atoms with Crippen LogP contribution in [0.4, 0.5) is 4.79 Å². The lowest BCUT2D eigenvalue weighted by Crippen LogP contribution is -2.49. The molecule has 0 bridgehead atoms. The zero-order valence-corrected chi connectivity index (χ0v) is 15.2. The van der Waals surface area contributed by atoms with Crippen molar-refractivity contribution in [2.24, 2.45) is 0 Å². The van der Waals surface area contributed by atoms with Gasteiger partial charge in [0.25, 0.3) is 0 Å². The van der Waals surface area contributed by atoms with Crippen LogP contribution >= 0.6 is 11.3 Å². The van der Waals surface area contributed by atoms with Crippen molar-refractivity contribution in [3.63, 3.8) is 0 Å². The van der Waals surface area contributed by atoms with E-state index >= 15 is 0 Å². The van der Waals surface area contributed by atoms with Gasteiger partial charge in [0.2, 0.25) is 10.0 Å². The fourth-order valence-electron chi connectivity index (χ4n) is 2.55. The number of aromatic nitrogens is 1. The highest BCUT2D eigenvalue weighted by molar-refractivity contribution is 7.89. The lowest BCUT2D eigenvalue weighted by atomic mass is 10.1. The molecule has 1 aliphatic heterocycles. The van der Waals surface area contributed by atoms with Crippen LogP contribution in [-0.4, -0.2) is 49.2 Å². The molecule has 0 spiro atoms. The van der Waals surface area contributed by atoms with Gasteiger partial charge in [-0.15, -0.1) is 11.3 Å². The van der Waals surface area contributed by atoms with Gasteiger partial charge < -0.3 is 10.2 Å². The zero-order valence-electron chi connectivity index (χ0n) is 13.5. The van der Waals surface area contributed by atoms with Gasteiger partial charge in [-0.05, 0) is 26.2 Å². The van der Waals surface area contributed by atoms with Gasteiger partial charge in [0.15, 0.2) is 0 Å². The van der Waals surface area contributed by atoms with Gasteiger partial charge in [0.1, 0.15) is 0 Å². The number of urea groups is 1. The first-order valence-electron chi connectivity index (χ1n) is 7.83. The number of piperidine rings is 1. The Labute approximate surface area is 141 Å². The average Bonchev–Trinajstić information content (AvgIpc) is 2.90. The Morgan fingerprint density at radius 2 is 2.13 bits per heavy atom. The SMILES string of the molecule is CCCS(=O)(=O)NC1CCN(C(=O)NCc2csc(C)n2)CC1. The third kappa shape index (κ3) is 5.74. The van der Waals surface area contributed by atoms with Crippen LogP contribution in [0.2, 0.25) is 0 Å². The number of carbonyl (C=O) groups is 1. The largest absolute Gasteiger partial charge is 0.332 e. The van der Waals surface area contributed by atoms with E-state index in [1.807, 2.05) is 19.2 Å². The summed E-state index contributed by atoms with van der Waals surface area (Å²) in [7, 11) is -3.19. The van der Waals surface area contributed by atoms with Crippen molar-refractivity contribution in [3.05, 3.63) is 16.1 Å². The molecule has 23 heavy (non-hydrogen) atoms. The minimum atomic E-state index is -3.19. The van der Waals surface area contributed by atoms with Crippen molar-refractivity contribution in [1.29, 1.82) is 0 Å². The van der Waals surface area contributed by atoms with E-state index in [1.165, 1.54) is 0 Å². The Bertz CT molecular complexity index is 622. The molecule has 2 heterocycles. The Balaban J connectivity index is 1.74. The molecule has 1 fully saturated rings. The minimum Gasteiger partial charge on any atom is -0.332 e. The molecule has 7 nitrogen and oxygen atoms in total. The van der Waals surface area contributed by atoms with E-state index in [2.05, 4.69) is 15.0 Å². The Morgan fingerprint density at radius 3 is 2.70 bits per heavy atom. The molecule has 0 atom stereocenters. The first kappa shape index (κ1) is 18.2. The second-order valence-electron chi connectivity index (χ2n) is 5.71. The quantitative estimate of drug-likeness (QED) is 0.803. The Kier molecular flexibility index (Phi) is 6.37. The predicted molar refractivity (Wildman–Crippen MR) is 90.9 cm³/mol. The van der Waals surface area contributed by atoms with Crippen molar-refractivity contribution < 1.29 is 13.2 Å². The van der Waals surface area contributed by atoms with Crippen molar-refractivity contribution in [1.82, 2.24) is 19.9 Å². The molecule has 2 rings (SSSR count). The maximum atomic E-state index is 12.1. The molecule has 0 aliphatic carbocycles. The van der Waals surface area contributed by atoms with Gasteiger partial charge in [0, 0.05) is 24.5 Å². The molecule has 2 N–H and O–H groups in total. The molecule has 1 aliphatic rings. The normalized spacial score (nSPS) is 16.5. The van der Waals surface area contributed by atoms with Crippen LogP contribution in [0.3, 0.4) is 0 Å². The highest BCUT2D eigenvalue weighted by atomic mass is 32.2. The number of hydrogen-bond donors (Lipinski definition) is 2. The number of nitrogens with one attached hydrogen (secondary N) is 2. The summed E-state index contributed by atoms with van der Waals surface area (Å²) in [5.41, 5.74) is 0.864. The van der Waals surface area contributed by atoms with Gasteiger partial charge >= 0.3 is 6.03 Å². The monoisotopic (exact) mass is 360 g/mol. The fraction of sp³-hybridized carbons (Fsp3) is 0.714. The molecular weight excluding hydrogens is 336 g/mol. The van der Waals surface area contributed by atoms with E-state index in [-0.39, 0.29) is 17.8 Å². The summed E-state index contributed by atoms with van der Waals surface area (Å²) in [5.74, 6) is 0.154. The Hall–Kier alpha value is -1.19. The predicted octanol–water partition coefficient (Wildman–Crippen LogP) is 1.45. The van der Waals surface area contributed by atoms with E-state index in [9.17, 15) is 13.2 Å². The van der Waals surface area contributed by atoms with E-state index in [1.54, 1.807) is 16.2 Å². The molecule has 0 saturated carbocycles. The van der Waals surface area contributed by atoms with E-state index < -0.39 is 10.0 Å². The topological polar surface area (TPSA) is 91.4 Å². The van der Waals surface area contributed by atoms with Gasteiger partial charge in [-0.25, -0.2) is 22.9 Å². The summed E-state index contributed by atoms with van der Waals surface area (Å²) < 4.78 is 26.3. The summed E-state index contributed by atoms with van der Waals surface area (Å²) in [6, 6.07) is -0.192. The molecule has 1 saturated heterocycles. The maximum absolute atomic E-state index is 12.1. The van der Waals surface area contributed by atoms with Crippen LogP contribution in [0.5, 0.6) is 0 Å². The number of carbonyl (C=O) groups excluding carboxylic acids is 1. The highest BCUT2D eigenvalue weighted by Gasteiger charge is 2.25. The number of rotatable bonds is 6. The van der Waals surface area contributed by atoms with Gasteiger partial charge in [0.05, 0.1) is 23.0 Å². The average molecular weight is 361 g/mol. The van der Waals surface area contributed by atoms with Gasteiger partial charge in [-0.2, -0.15) is 0 Å². The van der Waals surface area contributed by atoms with E-state index in [0.717, 1.165) is 10.7 Å². The molecule has 1 aromatic rings. The summed E-state index contributed by atoms with van der Waals surface area (Å²) in [5, 5.41) is 5.77. The highest BCUT2D eigenvalue weighted by Crippen LogP contribution is 2.12. The lowest BCUT2D eigenvalue weighted by molar-refractivity contribution is 0.179. The van der Waals surface area contributed by atoms with Crippen LogP contribution in [0.25, 0.3) is 0 Å². The van der Waals surface area contributed by atoms with Crippen molar-refractivity contribution in [2.45, 2.75) is 45.7 Å².